The van der Waals surface area contributed by atoms with Crippen LogP contribution in [0.15, 0.2) is 158 Å². The van der Waals surface area contributed by atoms with Gasteiger partial charge in [-0.05, 0) is 55.1 Å². The summed E-state index contributed by atoms with van der Waals surface area (Å²) in [7, 11) is -2.81. The van der Waals surface area contributed by atoms with Crippen LogP contribution in [0.2, 0.25) is 0 Å². The summed E-state index contributed by atoms with van der Waals surface area (Å²) >= 11 is 0. The van der Waals surface area contributed by atoms with E-state index in [0.29, 0.717) is 0 Å². The number of benzene rings is 4. The molecule has 4 aromatic carbocycles. The van der Waals surface area contributed by atoms with Crippen LogP contribution in [0.1, 0.15) is 0 Å². The summed E-state index contributed by atoms with van der Waals surface area (Å²) in [4.78, 5) is 8.95. The normalized spacial score (nSPS) is 11.2. The highest BCUT2D eigenvalue weighted by Gasteiger charge is 2.44. The third kappa shape index (κ3) is 4.10. The molecule has 0 spiro atoms. The number of aromatic nitrogens is 2. The molecule has 0 aliphatic carbocycles. The summed E-state index contributed by atoms with van der Waals surface area (Å²) in [5.74, 6) is 0. The Morgan fingerprint density at radius 1 is 0.378 bits per heavy atom. The Hall–Kier alpha value is -4.60. The molecule has 3 heteroatoms. The Morgan fingerprint density at radius 2 is 0.784 bits per heavy atom. The van der Waals surface area contributed by atoms with Crippen LogP contribution in [0.25, 0.3) is 22.3 Å². The van der Waals surface area contributed by atoms with E-state index >= 15 is 0 Å². The average Bonchev–Trinajstić information content (AvgIpc) is 3.00. The Balaban J connectivity index is 1.80. The fraction of sp³-hybridized carbons (Fsp3) is 0. The zero-order chi connectivity index (χ0) is 24.9. The molecule has 0 fully saturated rings. The summed E-state index contributed by atoms with van der Waals surface area (Å²) in [5, 5.41) is 5.37. The Labute approximate surface area is 219 Å². The Kier molecular flexibility index (Phi) is 6.28. The molecule has 6 rings (SSSR count). The third-order valence-corrected chi connectivity index (χ3v) is 11.9. The van der Waals surface area contributed by atoms with E-state index in [1.54, 1.807) is 0 Å². The summed E-state index contributed by atoms with van der Waals surface area (Å²) in [6.07, 6.45) is 7.62. The first kappa shape index (κ1) is 22.8. The van der Waals surface area contributed by atoms with Gasteiger partial charge < -0.3 is 0 Å². The van der Waals surface area contributed by atoms with Gasteiger partial charge in [0.15, 0.2) is 8.07 Å². The Morgan fingerprint density at radius 3 is 1.19 bits per heavy atom. The van der Waals surface area contributed by atoms with Crippen LogP contribution in [-0.2, 0) is 0 Å². The first-order valence-corrected chi connectivity index (χ1v) is 14.5. The van der Waals surface area contributed by atoms with E-state index < -0.39 is 8.07 Å². The molecule has 0 bridgehead atoms. The molecule has 37 heavy (non-hydrogen) atoms. The van der Waals surface area contributed by atoms with E-state index in [1.807, 2.05) is 36.9 Å². The van der Waals surface area contributed by atoms with E-state index in [2.05, 4.69) is 131 Å². The van der Waals surface area contributed by atoms with E-state index in [4.69, 9.17) is 0 Å². The first-order chi connectivity index (χ1) is 18.4. The maximum absolute atomic E-state index is 4.47. The van der Waals surface area contributed by atoms with Crippen molar-refractivity contribution in [2.75, 3.05) is 0 Å². The fourth-order valence-corrected chi connectivity index (χ4v) is 10.7. The highest BCUT2D eigenvalue weighted by Crippen LogP contribution is 2.24. The molecule has 2 aromatic heterocycles. The minimum Gasteiger partial charge on any atom is -0.264 e. The quantitative estimate of drug-likeness (QED) is 0.237. The second kappa shape index (κ2) is 10.2. The molecule has 0 N–H and O–H groups in total. The second-order valence-corrected chi connectivity index (χ2v) is 12.8. The largest absolute Gasteiger partial charge is 0.264 e. The van der Waals surface area contributed by atoms with Gasteiger partial charge in [0, 0.05) is 24.8 Å². The van der Waals surface area contributed by atoms with Crippen LogP contribution in [0.3, 0.4) is 0 Å². The van der Waals surface area contributed by atoms with Crippen molar-refractivity contribution < 1.29 is 0 Å². The standard InChI is InChI=1S/C34H26N2Si/c1-3-15-29(16-4-1)37(30-17-5-2-6-18-30,33-21-9-7-19-31(33)27-13-11-23-35-25-27)34-22-10-8-20-32(34)28-14-12-24-36-26-28/h1-26H. The molecule has 0 unspecified atom stereocenters. The molecule has 176 valence electrons. The number of rotatable bonds is 6. The molecule has 2 nitrogen and oxygen atoms in total. The molecular weight excluding hydrogens is 464 g/mol. The average molecular weight is 491 g/mol. The van der Waals surface area contributed by atoms with E-state index in [-0.39, 0.29) is 0 Å². The molecule has 2 heterocycles. The lowest BCUT2D eigenvalue weighted by Crippen LogP contribution is -2.75. The molecular formula is C34H26N2Si. The minimum atomic E-state index is -2.81. The van der Waals surface area contributed by atoms with Crippen molar-refractivity contribution in [1.82, 2.24) is 9.97 Å². The lowest BCUT2D eigenvalue weighted by atomic mass is 10.1. The summed E-state index contributed by atoms with van der Waals surface area (Å²) in [5.41, 5.74) is 4.69. The molecule has 0 saturated heterocycles. The van der Waals surface area contributed by atoms with Crippen LogP contribution in [0.4, 0.5) is 0 Å². The third-order valence-electron chi connectivity index (χ3n) is 7.02. The smallest absolute Gasteiger partial charge is 0.180 e. The van der Waals surface area contributed by atoms with Crippen LogP contribution < -0.4 is 20.7 Å². The molecule has 0 saturated carbocycles. The first-order valence-electron chi connectivity index (χ1n) is 12.5. The van der Waals surface area contributed by atoms with Gasteiger partial charge in [-0.25, -0.2) is 0 Å². The van der Waals surface area contributed by atoms with E-state index in [9.17, 15) is 0 Å². The molecule has 0 aliphatic rings. The number of pyridine rings is 2. The van der Waals surface area contributed by atoms with Gasteiger partial charge in [0.25, 0.3) is 0 Å². The van der Waals surface area contributed by atoms with Crippen molar-refractivity contribution in [3.8, 4) is 22.3 Å². The van der Waals surface area contributed by atoms with Gasteiger partial charge in [0.05, 0.1) is 0 Å². The number of hydrogen-bond donors (Lipinski definition) is 0. The van der Waals surface area contributed by atoms with Gasteiger partial charge in [0.2, 0.25) is 0 Å². The van der Waals surface area contributed by atoms with E-state index in [0.717, 1.165) is 11.1 Å². The molecule has 0 atom stereocenters. The van der Waals surface area contributed by atoms with Gasteiger partial charge in [-0.15, -0.1) is 0 Å². The number of nitrogens with zero attached hydrogens (tertiary/aromatic N) is 2. The summed E-state index contributed by atoms with van der Waals surface area (Å²) in [6.45, 7) is 0. The second-order valence-electron chi connectivity index (χ2n) is 9.06. The zero-order valence-corrected chi connectivity index (χ0v) is 21.4. The summed E-state index contributed by atoms with van der Waals surface area (Å²) < 4.78 is 0. The van der Waals surface area contributed by atoms with Crippen molar-refractivity contribution in [1.29, 1.82) is 0 Å². The minimum absolute atomic E-state index is 1.13. The summed E-state index contributed by atoms with van der Waals surface area (Å²) in [6, 6.07) is 48.2. The van der Waals surface area contributed by atoms with Gasteiger partial charge in [-0.3, -0.25) is 9.97 Å². The maximum atomic E-state index is 4.47. The van der Waals surface area contributed by atoms with Crippen LogP contribution in [-0.4, -0.2) is 18.0 Å². The lowest BCUT2D eigenvalue weighted by molar-refractivity contribution is 1.33. The van der Waals surface area contributed by atoms with Crippen molar-refractivity contribution in [3.05, 3.63) is 158 Å². The Bertz CT molecular complexity index is 1480. The van der Waals surface area contributed by atoms with Crippen LogP contribution in [0, 0.1) is 0 Å². The molecule has 0 radical (unpaired) electrons. The van der Waals surface area contributed by atoms with Crippen LogP contribution >= 0.6 is 0 Å². The molecule has 0 aliphatic heterocycles. The van der Waals surface area contributed by atoms with Crippen molar-refractivity contribution in [2.45, 2.75) is 0 Å². The highest BCUT2D eigenvalue weighted by molar-refractivity contribution is 7.20. The fourth-order valence-electron chi connectivity index (χ4n) is 5.48. The molecule has 6 aromatic rings. The maximum Gasteiger partial charge on any atom is 0.180 e. The van der Waals surface area contributed by atoms with E-state index in [1.165, 1.54) is 31.9 Å². The topological polar surface area (TPSA) is 25.8 Å². The molecule has 0 amide bonds. The van der Waals surface area contributed by atoms with Gasteiger partial charge in [0.1, 0.15) is 0 Å². The van der Waals surface area contributed by atoms with Gasteiger partial charge in [-0.1, -0.05) is 121 Å². The van der Waals surface area contributed by atoms with Gasteiger partial charge in [-0.2, -0.15) is 0 Å². The predicted octanol–water partition coefficient (Wildman–Crippen LogP) is 5.19. The van der Waals surface area contributed by atoms with Crippen molar-refractivity contribution in [3.63, 3.8) is 0 Å². The lowest BCUT2D eigenvalue weighted by Gasteiger charge is -2.37. The monoisotopic (exact) mass is 490 g/mol. The van der Waals surface area contributed by atoms with Crippen molar-refractivity contribution in [2.24, 2.45) is 0 Å². The highest BCUT2D eigenvalue weighted by atomic mass is 28.3. The predicted molar refractivity (Wildman–Crippen MR) is 157 cm³/mol. The zero-order valence-electron chi connectivity index (χ0n) is 20.4. The SMILES string of the molecule is c1ccc([Si](c2ccccc2)(c2ccccc2-c2cccnc2)c2ccccc2-c2cccnc2)cc1. The van der Waals surface area contributed by atoms with Gasteiger partial charge >= 0.3 is 0 Å². The van der Waals surface area contributed by atoms with Crippen LogP contribution in [0.5, 0.6) is 0 Å². The number of hydrogen-bond acceptors (Lipinski definition) is 2. The van der Waals surface area contributed by atoms with Crippen molar-refractivity contribution >= 4 is 28.8 Å².